The molecule has 1 spiro atoms. The fourth-order valence-corrected chi connectivity index (χ4v) is 10.8. The first-order valence-corrected chi connectivity index (χ1v) is 14.2. The SMILES string of the molecule is CO[C@H]1C[C@H](O[C@H]2CC[C@@]3(C)[C@@H](CC[C@@H]4[C@H]3CC[C@@]35CO[C@@]6(C)O[C@@]43CC[C@H]65)C2)O[C@@H](C)[C@H]1N. The van der Waals surface area contributed by atoms with Gasteiger partial charge in [0.25, 0.3) is 0 Å². The molecule has 4 saturated carbocycles. The summed E-state index contributed by atoms with van der Waals surface area (Å²) in [5.41, 5.74) is 7.07. The highest BCUT2D eigenvalue weighted by Crippen LogP contribution is 2.78. The average molecular weight is 476 g/mol. The molecule has 6 heteroatoms. The molecule has 0 unspecified atom stereocenters. The largest absolute Gasteiger partial charge is 0.380 e. The molecule has 4 aliphatic carbocycles. The Bertz CT molecular complexity index is 840. The van der Waals surface area contributed by atoms with E-state index in [-0.39, 0.29) is 42.0 Å². The number of hydrogen-bond donors (Lipinski definition) is 1. The topological polar surface area (TPSA) is 72.2 Å². The van der Waals surface area contributed by atoms with E-state index in [1.165, 1.54) is 51.4 Å². The molecule has 0 aromatic heterocycles. The van der Waals surface area contributed by atoms with Gasteiger partial charge >= 0.3 is 0 Å². The van der Waals surface area contributed by atoms with Crippen molar-refractivity contribution in [3.8, 4) is 0 Å². The molecule has 6 nitrogen and oxygen atoms in total. The van der Waals surface area contributed by atoms with Crippen LogP contribution in [0.15, 0.2) is 0 Å². The predicted molar refractivity (Wildman–Crippen MR) is 127 cm³/mol. The molecule has 7 rings (SSSR count). The molecule has 0 aromatic carbocycles. The Morgan fingerprint density at radius 2 is 1.79 bits per heavy atom. The number of methoxy groups -OCH3 is 1. The standard InChI is InChI=1S/C28H45NO5/c1-16-24(29)21(30-4)14-23(32-16)33-18-7-10-25(2)17(13-18)5-6-20-19(25)8-11-27-15-31-26(3)22(27)9-12-28(20,27)34-26/h16-24H,5-15,29H2,1-4H3/t16-,17-,18-,19+,20+,21-,22+,23-,24+,25-,26-,27-,28-/m0/s1. The molecule has 4 bridgehead atoms. The van der Waals surface area contributed by atoms with Crippen LogP contribution in [0.4, 0.5) is 0 Å². The van der Waals surface area contributed by atoms with Gasteiger partial charge in [0.15, 0.2) is 12.1 Å². The van der Waals surface area contributed by atoms with Gasteiger partial charge in [-0.3, -0.25) is 0 Å². The van der Waals surface area contributed by atoms with Crippen LogP contribution >= 0.6 is 0 Å². The van der Waals surface area contributed by atoms with Crippen molar-refractivity contribution < 1.29 is 23.7 Å². The summed E-state index contributed by atoms with van der Waals surface area (Å²) >= 11 is 0. The van der Waals surface area contributed by atoms with E-state index in [0.29, 0.717) is 22.7 Å². The Labute approximate surface area is 204 Å². The maximum Gasteiger partial charge on any atom is 0.169 e. The van der Waals surface area contributed by atoms with E-state index in [1.54, 1.807) is 7.11 Å². The molecule has 3 heterocycles. The summed E-state index contributed by atoms with van der Waals surface area (Å²) in [6, 6.07) is -0.0836. The molecule has 3 aliphatic heterocycles. The van der Waals surface area contributed by atoms with Crippen molar-refractivity contribution in [3.05, 3.63) is 0 Å². The summed E-state index contributed by atoms with van der Waals surface area (Å²) in [4.78, 5) is 0. The summed E-state index contributed by atoms with van der Waals surface area (Å²) in [5, 5.41) is 0. The number of rotatable bonds is 3. The van der Waals surface area contributed by atoms with Crippen LogP contribution < -0.4 is 5.73 Å². The smallest absolute Gasteiger partial charge is 0.169 e. The second kappa shape index (κ2) is 7.41. The second-order valence-corrected chi connectivity index (χ2v) is 13.5. The molecule has 13 atom stereocenters. The van der Waals surface area contributed by atoms with Gasteiger partial charge in [-0.1, -0.05) is 6.92 Å². The van der Waals surface area contributed by atoms with E-state index in [0.717, 1.165) is 31.3 Å². The van der Waals surface area contributed by atoms with Gasteiger partial charge in [0, 0.05) is 24.9 Å². The van der Waals surface area contributed by atoms with E-state index < -0.39 is 0 Å². The van der Waals surface area contributed by atoms with Crippen molar-refractivity contribution in [2.45, 2.75) is 127 Å². The zero-order chi connectivity index (χ0) is 23.5. The van der Waals surface area contributed by atoms with E-state index in [9.17, 15) is 0 Å². The lowest BCUT2D eigenvalue weighted by atomic mass is 9.43. The molecule has 0 amide bonds. The van der Waals surface area contributed by atoms with Gasteiger partial charge in [-0.2, -0.15) is 0 Å². The highest BCUT2D eigenvalue weighted by atomic mass is 16.7. The van der Waals surface area contributed by atoms with Crippen molar-refractivity contribution in [1.82, 2.24) is 0 Å². The van der Waals surface area contributed by atoms with Crippen LogP contribution in [0.25, 0.3) is 0 Å². The van der Waals surface area contributed by atoms with Gasteiger partial charge in [-0.15, -0.1) is 0 Å². The third-order valence-corrected chi connectivity index (χ3v) is 12.5. The minimum atomic E-state index is -0.309. The van der Waals surface area contributed by atoms with Crippen molar-refractivity contribution in [2.24, 2.45) is 40.2 Å². The summed E-state index contributed by atoms with van der Waals surface area (Å²) in [6.07, 6.45) is 12.2. The zero-order valence-corrected chi connectivity index (χ0v) is 21.6. The third-order valence-electron chi connectivity index (χ3n) is 12.5. The fourth-order valence-electron chi connectivity index (χ4n) is 10.8. The molecule has 34 heavy (non-hydrogen) atoms. The number of hydrogen-bond acceptors (Lipinski definition) is 6. The van der Waals surface area contributed by atoms with Crippen molar-refractivity contribution >= 4 is 0 Å². The van der Waals surface area contributed by atoms with Crippen molar-refractivity contribution in [2.75, 3.05) is 13.7 Å². The highest BCUT2D eigenvalue weighted by molar-refractivity contribution is 5.26. The summed E-state index contributed by atoms with van der Waals surface area (Å²) in [5.74, 6) is 2.54. The third kappa shape index (κ3) is 2.74. The lowest BCUT2D eigenvalue weighted by molar-refractivity contribution is -0.333. The fraction of sp³-hybridized carbons (Fsp3) is 1.00. The molecule has 3 saturated heterocycles. The molecule has 0 aromatic rings. The van der Waals surface area contributed by atoms with Crippen LogP contribution in [0, 0.1) is 34.5 Å². The van der Waals surface area contributed by atoms with E-state index in [2.05, 4.69) is 13.8 Å². The van der Waals surface area contributed by atoms with Gasteiger partial charge in [0.1, 0.15) is 0 Å². The Kier molecular flexibility index (Phi) is 5.00. The van der Waals surface area contributed by atoms with Crippen LogP contribution in [0.3, 0.4) is 0 Å². The van der Waals surface area contributed by atoms with Crippen LogP contribution in [0.1, 0.15) is 85.0 Å². The summed E-state index contributed by atoms with van der Waals surface area (Å²) < 4.78 is 31.6. The van der Waals surface area contributed by atoms with Crippen LogP contribution in [-0.4, -0.2) is 55.7 Å². The highest BCUT2D eigenvalue weighted by Gasteiger charge is 2.81. The maximum absolute atomic E-state index is 7.00. The lowest BCUT2D eigenvalue weighted by Crippen LogP contribution is -2.64. The maximum atomic E-state index is 7.00. The quantitative estimate of drug-likeness (QED) is 0.611. The molecular weight excluding hydrogens is 430 g/mol. The number of fused-ring (bicyclic) bond motifs is 3. The van der Waals surface area contributed by atoms with Crippen LogP contribution in [-0.2, 0) is 23.7 Å². The molecule has 7 aliphatic rings. The van der Waals surface area contributed by atoms with Gasteiger partial charge in [-0.25, -0.2) is 0 Å². The zero-order valence-electron chi connectivity index (χ0n) is 21.6. The Morgan fingerprint density at radius 3 is 2.62 bits per heavy atom. The first-order chi connectivity index (χ1) is 16.2. The van der Waals surface area contributed by atoms with Crippen molar-refractivity contribution in [1.29, 1.82) is 0 Å². The second-order valence-electron chi connectivity index (χ2n) is 13.5. The molecular formula is C28H45NO5. The number of ether oxygens (including phenoxy) is 5. The molecule has 2 N–H and O–H groups in total. The normalized spacial score (nSPS) is 62.2. The molecule has 7 fully saturated rings. The Morgan fingerprint density at radius 1 is 0.941 bits per heavy atom. The summed E-state index contributed by atoms with van der Waals surface area (Å²) in [7, 11) is 1.75. The average Bonchev–Trinajstić information content (AvgIpc) is 3.38. The monoisotopic (exact) mass is 475 g/mol. The lowest BCUT2D eigenvalue weighted by Gasteiger charge is -2.64. The number of nitrogens with two attached hydrogens (primary N) is 1. The van der Waals surface area contributed by atoms with E-state index >= 15 is 0 Å². The van der Waals surface area contributed by atoms with Gasteiger partial charge in [0.05, 0.1) is 36.6 Å². The summed E-state index contributed by atoms with van der Waals surface area (Å²) in [6.45, 7) is 7.85. The van der Waals surface area contributed by atoms with Gasteiger partial charge in [-0.05, 0) is 94.8 Å². The van der Waals surface area contributed by atoms with Gasteiger partial charge < -0.3 is 29.4 Å². The van der Waals surface area contributed by atoms with Crippen molar-refractivity contribution in [3.63, 3.8) is 0 Å². The van der Waals surface area contributed by atoms with E-state index in [1.807, 2.05) is 6.92 Å². The first kappa shape index (κ1) is 22.9. The molecule has 0 radical (unpaired) electrons. The minimum Gasteiger partial charge on any atom is -0.380 e. The Balaban J connectivity index is 1.07. The van der Waals surface area contributed by atoms with Gasteiger partial charge in [0.2, 0.25) is 0 Å². The Hall–Kier alpha value is -0.240. The predicted octanol–water partition coefficient (Wildman–Crippen LogP) is 4.39. The van der Waals surface area contributed by atoms with E-state index in [4.69, 9.17) is 29.4 Å². The van der Waals surface area contributed by atoms with Crippen LogP contribution in [0.5, 0.6) is 0 Å². The molecule has 192 valence electrons. The van der Waals surface area contributed by atoms with Crippen LogP contribution in [0.2, 0.25) is 0 Å². The minimum absolute atomic E-state index is 0.00896. The first-order valence-electron chi connectivity index (χ1n) is 14.2.